The maximum absolute atomic E-state index is 10.5. The molecule has 4 N–H and O–H groups in total. The highest BCUT2D eigenvalue weighted by atomic mass is 16.4. The van der Waals surface area contributed by atoms with Crippen LogP contribution in [0.15, 0.2) is 0 Å². The van der Waals surface area contributed by atoms with Gasteiger partial charge in [-0.25, -0.2) is 0 Å². The van der Waals surface area contributed by atoms with E-state index < -0.39 is 12.0 Å². The Hall–Kier alpha value is -0.610. The first-order valence-corrected chi connectivity index (χ1v) is 3.76. The maximum Gasteiger partial charge on any atom is 0.320 e. The molecule has 0 rings (SSSR count). The third-order valence-electron chi connectivity index (χ3n) is 1.29. The molecule has 0 bridgehead atoms. The van der Waals surface area contributed by atoms with E-state index in [1.807, 2.05) is 13.8 Å². The Labute approximate surface area is 66.8 Å². The number of nitrogens with one attached hydrogen (secondary N) is 1. The summed E-state index contributed by atoms with van der Waals surface area (Å²) >= 11 is 0. The molecule has 0 heterocycles. The van der Waals surface area contributed by atoms with Gasteiger partial charge in [0, 0.05) is 6.04 Å². The average molecular weight is 160 g/mol. The summed E-state index contributed by atoms with van der Waals surface area (Å²) in [4.78, 5) is 10.5. The van der Waals surface area contributed by atoms with Gasteiger partial charge in [0.2, 0.25) is 0 Å². The van der Waals surface area contributed by atoms with Gasteiger partial charge in [-0.3, -0.25) is 4.79 Å². The first-order valence-electron chi connectivity index (χ1n) is 3.76. The van der Waals surface area contributed by atoms with Crippen molar-refractivity contribution in [3.63, 3.8) is 0 Å². The van der Waals surface area contributed by atoms with Crippen LogP contribution in [0.25, 0.3) is 0 Å². The fourth-order valence-corrected chi connectivity index (χ4v) is 0.847. The Morgan fingerprint density at radius 1 is 1.64 bits per heavy atom. The van der Waals surface area contributed by atoms with Crippen LogP contribution in [0.2, 0.25) is 0 Å². The van der Waals surface area contributed by atoms with Gasteiger partial charge in [0.25, 0.3) is 0 Å². The molecule has 0 aliphatic rings. The molecule has 0 aromatic rings. The minimum Gasteiger partial charge on any atom is -0.480 e. The predicted molar refractivity (Wildman–Crippen MR) is 43.4 cm³/mol. The monoisotopic (exact) mass is 160 g/mol. The van der Waals surface area contributed by atoms with Gasteiger partial charge in [0.15, 0.2) is 0 Å². The molecule has 66 valence electrons. The van der Waals surface area contributed by atoms with E-state index in [0.29, 0.717) is 13.0 Å². The lowest BCUT2D eigenvalue weighted by molar-refractivity contribution is -0.139. The van der Waals surface area contributed by atoms with Gasteiger partial charge in [-0.2, -0.15) is 0 Å². The molecule has 4 nitrogen and oxygen atoms in total. The average Bonchev–Trinajstić information content (AvgIpc) is 1.86. The smallest absolute Gasteiger partial charge is 0.320 e. The lowest BCUT2D eigenvalue weighted by atomic mass is 10.2. The first-order chi connectivity index (χ1) is 5.07. The fraction of sp³-hybridized carbons (Fsp3) is 0.857. The van der Waals surface area contributed by atoms with E-state index in [0.717, 1.165) is 0 Å². The number of nitrogens with two attached hydrogens (primary N) is 1. The van der Waals surface area contributed by atoms with Crippen LogP contribution in [0.3, 0.4) is 0 Å². The molecule has 0 fully saturated rings. The van der Waals surface area contributed by atoms with Gasteiger partial charge < -0.3 is 16.2 Å². The number of carbonyl (C=O) groups is 1. The fourth-order valence-electron chi connectivity index (χ4n) is 0.847. The number of rotatable bonds is 5. The molecule has 0 aromatic heterocycles. The number of hydrogen-bond acceptors (Lipinski definition) is 3. The van der Waals surface area contributed by atoms with Gasteiger partial charge >= 0.3 is 5.97 Å². The van der Waals surface area contributed by atoms with E-state index in [-0.39, 0.29) is 6.04 Å². The predicted octanol–water partition coefficient (Wildman–Crippen LogP) is -0.214. The molecule has 0 aliphatic carbocycles. The molecule has 0 spiro atoms. The summed E-state index contributed by atoms with van der Waals surface area (Å²) < 4.78 is 0. The van der Waals surface area contributed by atoms with Crippen LogP contribution in [0.4, 0.5) is 0 Å². The number of carboxylic acids is 1. The molecular formula is C7H16N2O2. The SMILES string of the molecule is CC(C)N[C@H](CCN)C(=O)O. The molecule has 0 radical (unpaired) electrons. The minimum atomic E-state index is -0.829. The quantitative estimate of drug-likeness (QED) is 0.520. The topological polar surface area (TPSA) is 75.3 Å². The van der Waals surface area contributed by atoms with E-state index in [2.05, 4.69) is 5.32 Å². The maximum atomic E-state index is 10.5. The Morgan fingerprint density at radius 2 is 2.18 bits per heavy atom. The van der Waals surface area contributed by atoms with Crippen molar-refractivity contribution < 1.29 is 9.90 Å². The van der Waals surface area contributed by atoms with E-state index in [4.69, 9.17) is 10.8 Å². The normalized spacial score (nSPS) is 13.5. The van der Waals surface area contributed by atoms with Gasteiger partial charge in [-0.05, 0) is 13.0 Å². The molecule has 4 heteroatoms. The highest BCUT2D eigenvalue weighted by Crippen LogP contribution is 1.92. The molecule has 1 atom stereocenters. The number of carboxylic acid groups (broad SMARTS) is 1. The molecule has 0 aliphatic heterocycles. The van der Waals surface area contributed by atoms with Crippen molar-refractivity contribution >= 4 is 5.97 Å². The molecule has 0 amide bonds. The Kier molecular flexibility index (Phi) is 4.81. The summed E-state index contributed by atoms with van der Waals surface area (Å²) in [7, 11) is 0. The zero-order valence-corrected chi connectivity index (χ0v) is 7.00. The third-order valence-corrected chi connectivity index (χ3v) is 1.29. The second-order valence-corrected chi connectivity index (χ2v) is 2.79. The summed E-state index contributed by atoms with van der Waals surface area (Å²) in [6, 6.07) is -0.317. The minimum absolute atomic E-state index is 0.183. The molecule has 0 aromatic carbocycles. The van der Waals surface area contributed by atoms with Gasteiger partial charge in [-0.1, -0.05) is 13.8 Å². The standard InChI is InChI=1S/C7H16N2O2/c1-5(2)9-6(3-4-8)7(10)11/h5-6,9H,3-4,8H2,1-2H3,(H,10,11)/t6-/m1/s1. The van der Waals surface area contributed by atoms with E-state index in [1.54, 1.807) is 0 Å². The third kappa shape index (κ3) is 4.75. The van der Waals surface area contributed by atoms with Crippen LogP contribution in [-0.2, 0) is 4.79 Å². The van der Waals surface area contributed by atoms with Crippen LogP contribution in [0.5, 0.6) is 0 Å². The van der Waals surface area contributed by atoms with E-state index in [1.165, 1.54) is 0 Å². The van der Waals surface area contributed by atoms with Crippen LogP contribution < -0.4 is 11.1 Å². The van der Waals surface area contributed by atoms with Crippen LogP contribution in [0.1, 0.15) is 20.3 Å². The Balaban J connectivity index is 3.79. The van der Waals surface area contributed by atoms with Crippen molar-refractivity contribution in [1.82, 2.24) is 5.32 Å². The lowest BCUT2D eigenvalue weighted by Gasteiger charge is -2.15. The van der Waals surface area contributed by atoms with Crippen molar-refractivity contribution in [2.24, 2.45) is 5.73 Å². The van der Waals surface area contributed by atoms with Gasteiger partial charge in [-0.15, -0.1) is 0 Å². The molecular weight excluding hydrogens is 144 g/mol. The molecule has 0 saturated carbocycles. The molecule has 0 unspecified atom stereocenters. The van der Waals surface area contributed by atoms with Gasteiger partial charge in [0.05, 0.1) is 0 Å². The van der Waals surface area contributed by atoms with Crippen molar-refractivity contribution in [3.8, 4) is 0 Å². The highest BCUT2D eigenvalue weighted by molar-refractivity contribution is 5.73. The Morgan fingerprint density at radius 3 is 2.45 bits per heavy atom. The second kappa shape index (κ2) is 5.09. The summed E-state index contributed by atoms with van der Waals surface area (Å²) in [5, 5.41) is 11.5. The second-order valence-electron chi connectivity index (χ2n) is 2.79. The summed E-state index contributed by atoms with van der Waals surface area (Å²) in [5.41, 5.74) is 5.24. The summed E-state index contributed by atoms with van der Waals surface area (Å²) in [5.74, 6) is -0.829. The van der Waals surface area contributed by atoms with Crippen LogP contribution in [0, 0.1) is 0 Å². The zero-order valence-electron chi connectivity index (χ0n) is 7.00. The number of hydrogen-bond donors (Lipinski definition) is 3. The largest absolute Gasteiger partial charge is 0.480 e. The first kappa shape index (κ1) is 10.4. The Bertz CT molecular complexity index is 126. The lowest BCUT2D eigenvalue weighted by Crippen LogP contribution is -2.42. The summed E-state index contributed by atoms with van der Waals surface area (Å²) in [6.45, 7) is 4.22. The van der Waals surface area contributed by atoms with Crippen LogP contribution >= 0.6 is 0 Å². The number of aliphatic carboxylic acids is 1. The van der Waals surface area contributed by atoms with Crippen molar-refractivity contribution in [2.75, 3.05) is 6.54 Å². The van der Waals surface area contributed by atoms with Crippen molar-refractivity contribution in [3.05, 3.63) is 0 Å². The molecule has 0 saturated heterocycles. The van der Waals surface area contributed by atoms with E-state index >= 15 is 0 Å². The van der Waals surface area contributed by atoms with Crippen molar-refractivity contribution in [2.45, 2.75) is 32.4 Å². The van der Waals surface area contributed by atoms with Crippen LogP contribution in [-0.4, -0.2) is 29.7 Å². The van der Waals surface area contributed by atoms with Gasteiger partial charge in [0.1, 0.15) is 6.04 Å². The van der Waals surface area contributed by atoms with Crippen molar-refractivity contribution in [1.29, 1.82) is 0 Å². The molecule has 11 heavy (non-hydrogen) atoms. The highest BCUT2D eigenvalue weighted by Gasteiger charge is 2.15. The summed E-state index contributed by atoms with van der Waals surface area (Å²) in [6.07, 6.45) is 0.480. The van der Waals surface area contributed by atoms with E-state index in [9.17, 15) is 4.79 Å². The zero-order chi connectivity index (χ0) is 8.85.